The van der Waals surface area contributed by atoms with E-state index in [2.05, 4.69) is 37.9 Å². The van der Waals surface area contributed by atoms with Crippen LogP contribution in [0.1, 0.15) is 50.5 Å². The minimum Gasteiger partial charge on any atom is -0.379 e. The molecule has 165 valence electrons. The maximum Gasteiger partial charge on any atom is 0.184 e. The summed E-state index contributed by atoms with van der Waals surface area (Å²) in [6.45, 7) is 11.0. The lowest BCUT2D eigenvalue weighted by atomic mass is 9.59. The van der Waals surface area contributed by atoms with Crippen LogP contribution in [-0.2, 0) is 9.47 Å². The molecule has 2 aliphatic heterocycles. The summed E-state index contributed by atoms with van der Waals surface area (Å²) < 4.78 is 11.7. The third-order valence-corrected chi connectivity index (χ3v) is 6.56. The standard InChI is InChI=1S/C24H38BN2O3/c1-18(2)29-15-13-27-11-7-20(8-12-27)23(24(28)22-6-4-5-10-26-22)21-16-19(3)30-14-9-25-17-21/h4-6,10,18-21,23H,7-9,11-17H2,1-3H3/t19-,21?,23+/m0/s1. The first-order valence-corrected chi connectivity index (χ1v) is 11.8. The molecule has 0 aliphatic carbocycles. The smallest absolute Gasteiger partial charge is 0.184 e. The van der Waals surface area contributed by atoms with Crippen molar-refractivity contribution in [3.63, 3.8) is 0 Å². The summed E-state index contributed by atoms with van der Waals surface area (Å²) >= 11 is 0. The molecule has 0 aromatic carbocycles. The van der Waals surface area contributed by atoms with Crippen molar-refractivity contribution < 1.29 is 14.3 Å². The van der Waals surface area contributed by atoms with Gasteiger partial charge in [-0.1, -0.05) is 18.7 Å². The molecule has 30 heavy (non-hydrogen) atoms. The first-order chi connectivity index (χ1) is 14.5. The van der Waals surface area contributed by atoms with E-state index in [4.69, 9.17) is 9.47 Å². The average molecular weight is 413 g/mol. The molecule has 0 N–H and O–H groups in total. The van der Waals surface area contributed by atoms with E-state index in [1.54, 1.807) is 6.20 Å². The second-order valence-electron chi connectivity index (χ2n) is 9.19. The summed E-state index contributed by atoms with van der Waals surface area (Å²) in [4.78, 5) is 20.5. The van der Waals surface area contributed by atoms with Gasteiger partial charge in [0.2, 0.25) is 0 Å². The van der Waals surface area contributed by atoms with Crippen molar-refractivity contribution in [3.05, 3.63) is 30.1 Å². The zero-order chi connectivity index (χ0) is 21.3. The van der Waals surface area contributed by atoms with Crippen LogP contribution in [-0.4, -0.2) is 68.0 Å². The number of piperidine rings is 1. The number of nitrogens with zero attached hydrogens (tertiary/aromatic N) is 2. The van der Waals surface area contributed by atoms with Gasteiger partial charge in [-0.3, -0.25) is 9.78 Å². The molecule has 0 spiro atoms. The number of hydrogen-bond acceptors (Lipinski definition) is 5. The van der Waals surface area contributed by atoms with Crippen LogP contribution in [0.5, 0.6) is 0 Å². The first-order valence-electron chi connectivity index (χ1n) is 11.8. The molecule has 6 heteroatoms. The van der Waals surface area contributed by atoms with Crippen LogP contribution in [0.2, 0.25) is 12.6 Å². The Bertz CT molecular complexity index is 635. The number of likely N-dealkylation sites (tertiary alicyclic amines) is 1. The fraction of sp³-hybridized carbons (Fsp3) is 0.750. The fourth-order valence-electron chi connectivity index (χ4n) is 5.01. The Morgan fingerprint density at radius 3 is 2.80 bits per heavy atom. The fourth-order valence-corrected chi connectivity index (χ4v) is 5.01. The van der Waals surface area contributed by atoms with Crippen molar-refractivity contribution in [2.24, 2.45) is 17.8 Å². The Kier molecular flexibility index (Phi) is 9.35. The number of hydrogen-bond donors (Lipinski definition) is 0. The van der Waals surface area contributed by atoms with E-state index in [0.717, 1.165) is 64.8 Å². The molecule has 3 atom stereocenters. The Morgan fingerprint density at radius 1 is 1.30 bits per heavy atom. The monoisotopic (exact) mass is 413 g/mol. The maximum absolute atomic E-state index is 13.6. The Balaban J connectivity index is 1.69. The van der Waals surface area contributed by atoms with Gasteiger partial charge >= 0.3 is 0 Å². The van der Waals surface area contributed by atoms with Crippen molar-refractivity contribution in [1.29, 1.82) is 0 Å². The molecule has 1 unspecified atom stereocenters. The highest BCUT2D eigenvalue weighted by molar-refractivity contribution is 6.35. The number of aromatic nitrogens is 1. The van der Waals surface area contributed by atoms with Gasteiger partial charge in [0.05, 0.1) is 18.8 Å². The van der Waals surface area contributed by atoms with Crippen molar-refractivity contribution in [2.45, 2.75) is 64.9 Å². The van der Waals surface area contributed by atoms with E-state index >= 15 is 0 Å². The number of Topliss-reactive ketones (excluding diaryl/α,β-unsaturated/α-hetero) is 1. The third kappa shape index (κ3) is 6.89. The van der Waals surface area contributed by atoms with E-state index in [9.17, 15) is 4.79 Å². The predicted molar refractivity (Wildman–Crippen MR) is 121 cm³/mol. The van der Waals surface area contributed by atoms with Gasteiger partial charge in [0.1, 0.15) is 13.0 Å². The molecule has 0 amide bonds. The summed E-state index contributed by atoms with van der Waals surface area (Å²) in [5, 5.41) is 0. The molecule has 1 aromatic heterocycles. The highest BCUT2D eigenvalue weighted by Gasteiger charge is 2.38. The molecular formula is C24H38BN2O3. The molecule has 2 aliphatic rings. The van der Waals surface area contributed by atoms with Crippen molar-refractivity contribution >= 4 is 13.1 Å². The van der Waals surface area contributed by atoms with Crippen LogP contribution in [0.15, 0.2) is 24.4 Å². The van der Waals surface area contributed by atoms with Gasteiger partial charge in [-0.05, 0) is 77.1 Å². The molecule has 1 radical (unpaired) electrons. The maximum atomic E-state index is 13.6. The third-order valence-electron chi connectivity index (χ3n) is 6.56. The van der Waals surface area contributed by atoms with E-state index in [1.165, 1.54) is 0 Å². The normalized spacial score (nSPS) is 25.3. The van der Waals surface area contributed by atoms with Crippen LogP contribution in [0.4, 0.5) is 0 Å². The second-order valence-corrected chi connectivity index (χ2v) is 9.19. The number of carbonyl (C=O) groups is 1. The minimum atomic E-state index is 0.0226. The zero-order valence-electron chi connectivity index (χ0n) is 19.0. The van der Waals surface area contributed by atoms with Crippen LogP contribution >= 0.6 is 0 Å². The van der Waals surface area contributed by atoms with Gasteiger partial charge in [0.15, 0.2) is 5.78 Å². The summed E-state index contributed by atoms with van der Waals surface area (Å²) in [6, 6.07) is 5.67. The lowest BCUT2D eigenvalue weighted by Crippen LogP contribution is -2.43. The van der Waals surface area contributed by atoms with Crippen LogP contribution in [0.3, 0.4) is 0 Å². The quantitative estimate of drug-likeness (QED) is 0.477. The highest BCUT2D eigenvalue weighted by Crippen LogP contribution is 2.37. The predicted octanol–water partition coefficient (Wildman–Crippen LogP) is 3.98. The molecule has 2 saturated heterocycles. The first kappa shape index (κ1) is 23.4. The van der Waals surface area contributed by atoms with E-state index in [-0.39, 0.29) is 23.9 Å². The SMILES string of the molecule is CC(C)OCCN1CCC([C@@H](C(=O)c2ccccn2)C2C[B]CCO[C@@H](C)C2)CC1. The topological polar surface area (TPSA) is 51.7 Å². The molecule has 0 bridgehead atoms. The van der Waals surface area contributed by atoms with Gasteiger partial charge in [0, 0.05) is 25.3 Å². The Labute approximate surface area is 183 Å². The lowest BCUT2D eigenvalue weighted by molar-refractivity contribution is 0.0272. The number of ether oxygens (including phenoxy) is 2. The zero-order valence-corrected chi connectivity index (χ0v) is 19.0. The largest absolute Gasteiger partial charge is 0.379 e. The number of rotatable bonds is 8. The molecule has 0 saturated carbocycles. The van der Waals surface area contributed by atoms with Crippen LogP contribution < -0.4 is 0 Å². The van der Waals surface area contributed by atoms with Gasteiger partial charge in [0.25, 0.3) is 0 Å². The van der Waals surface area contributed by atoms with Gasteiger partial charge in [-0.25, -0.2) is 0 Å². The van der Waals surface area contributed by atoms with E-state index < -0.39 is 0 Å². The minimum absolute atomic E-state index is 0.0226. The van der Waals surface area contributed by atoms with Crippen molar-refractivity contribution in [2.75, 3.05) is 32.8 Å². The van der Waals surface area contributed by atoms with Crippen LogP contribution in [0, 0.1) is 17.8 Å². The average Bonchev–Trinajstić information content (AvgIpc) is 2.73. The number of ketones is 1. The molecule has 2 fully saturated rings. The van der Waals surface area contributed by atoms with Crippen molar-refractivity contribution in [1.82, 2.24) is 9.88 Å². The molecule has 1 aromatic rings. The molecule has 3 heterocycles. The Morgan fingerprint density at radius 2 is 2.10 bits per heavy atom. The number of carbonyl (C=O) groups excluding carboxylic acids is 1. The summed E-state index contributed by atoms with van der Waals surface area (Å²) in [5.74, 6) is 0.986. The van der Waals surface area contributed by atoms with E-state index in [0.29, 0.717) is 17.5 Å². The molecule has 5 nitrogen and oxygen atoms in total. The van der Waals surface area contributed by atoms with Crippen LogP contribution in [0.25, 0.3) is 0 Å². The molecule has 3 rings (SSSR count). The van der Waals surface area contributed by atoms with Gasteiger partial charge in [-0.2, -0.15) is 0 Å². The van der Waals surface area contributed by atoms with Crippen molar-refractivity contribution in [3.8, 4) is 0 Å². The summed E-state index contributed by atoms with van der Waals surface area (Å²) in [6.07, 6.45) is 7.27. The molecular weight excluding hydrogens is 375 g/mol. The summed E-state index contributed by atoms with van der Waals surface area (Å²) in [7, 11) is 2.33. The summed E-state index contributed by atoms with van der Waals surface area (Å²) in [5.41, 5.74) is 0.617. The second kappa shape index (κ2) is 12.0. The van der Waals surface area contributed by atoms with Gasteiger partial charge < -0.3 is 14.4 Å². The highest BCUT2D eigenvalue weighted by atomic mass is 16.5. The number of pyridine rings is 1. The van der Waals surface area contributed by atoms with Gasteiger partial charge in [-0.15, -0.1) is 0 Å². The Hall–Kier alpha value is -1.24. The lowest BCUT2D eigenvalue weighted by Gasteiger charge is -2.40. The van der Waals surface area contributed by atoms with E-state index in [1.807, 2.05) is 18.2 Å².